The molecule has 6 aromatic rings. The van der Waals surface area contributed by atoms with Crippen molar-refractivity contribution in [2.45, 2.75) is 52.0 Å². The Balaban J connectivity index is 0.000000196. The maximum absolute atomic E-state index is 13.5. The van der Waals surface area contributed by atoms with Crippen molar-refractivity contribution in [3.05, 3.63) is 118 Å². The minimum atomic E-state index is -0.598. The third-order valence-corrected chi connectivity index (χ3v) is 7.87. The maximum atomic E-state index is 13.5. The van der Waals surface area contributed by atoms with Gasteiger partial charge in [0.15, 0.2) is 11.4 Å². The van der Waals surface area contributed by atoms with E-state index in [2.05, 4.69) is 41.1 Å². The first-order valence-corrected chi connectivity index (χ1v) is 17.8. The quantitative estimate of drug-likeness (QED) is 0.0687. The largest absolute Gasteiger partial charge is 0.462 e. The van der Waals surface area contributed by atoms with Gasteiger partial charge in [0.05, 0.1) is 18.4 Å². The Morgan fingerprint density at radius 3 is 2.13 bits per heavy atom. The van der Waals surface area contributed by atoms with Crippen LogP contribution in [0.3, 0.4) is 0 Å². The topological polar surface area (TPSA) is 199 Å². The van der Waals surface area contributed by atoms with Crippen LogP contribution < -0.4 is 22.5 Å². The molecule has 0 aliphatic heterocycles. The number of nitrogens with two attached hydrogens (primary N) is 3. The summed E-state index contributed by atoms with van der Waals surface area (Å²) in [4.78, 5) is 31.2. The second kappa shape index (κ2) is 18.3. The third-order valence-electron chi connectivity index (χ3n) is 7.26. The fraction of sp³-hybridized carbons (Fsp3) is 0.237. The predicted octanol–water partition coefficient (Wildman–Crippen LogP) is 8.24. The number of carbonyl (C=O) groups excluding carboxylic acids is 2. The van der Waals surface area contributed by atoms with Gasteiger partial charge in [-0.05, 0) is 112 Å². The number of carbonyl (C=O) groups is 2. The highest BCUT2D eigenvalue weighted by Crippen LogP contribution is 2.26. The van der Waals surface area contributed by atoms with E-state index in [-0.39, 0.29) is 35.4 Å². The van der Waals surface area contributed by atoms with Crippen LogP contribution in [-0.2, 0) is 21.2 Å². The lowest BCUT2D eigenvalue weighted by Crippen LogP contribution is -2.27. The van der Waals surface area contributed by atoms with Crippen molar-refractivity contribution in [3.8, 4) is 11.6 Å². The number of nitrogens with one attached hydrogen (secondary N) is 1. The Bertz CT molecular complexity index is 2290. The number of anilines is 4. The van der Waals surface area contributed by atoms with Gasteiger partial charge in [-0.25, -0.2) is 22.8 Å². The van der Waals surface area contributed by atoms with Crippen molar-refractivity contribution in [2.24, 2.45) is 0 Å². The van der Waals surface area contributed by atoms with Gasteiger partial charge in [0, 0.05) is 34.4 Å². The van der Waals surface area contributed by atoms with E-state index in [4.69, 9.17) is 26.4 Å². The number of benzene rings is 3. The van der Waals surface area contributed by atoms with Crippen LogP contribution in [0.5, 0.6) is 0 Å². The molecule has 0 fully saturated rings. The van der Waals surface area contributed by atoms with Crippen molar-refractivity contribution in [1.29, 1.82) is 0 Å². The number of aromatic nitrogens is 4. The monoisotopic (exact) mass is 824 g/mol. The number of nitrogen functional groups attached to an aromatic ring is 3. The SMILES string of the molecule is CC(C)(C)OC(=O)Nc1ccc(F)cc1CBr.CCOC(=O)c1cc(F)ccc1N.Cc1ccc(-c2nc(N)nc3c(Cc4cc(F)ccc4N)cnn23)o1. The van der Waals surface area contributed by atoms with E-state index in [1.807, 2.05) is 13.0 Å². The van der Waals surface area contributed by atoms with Gasteiger partial charge < -0.3 is 31.1 Å². The number of halogens is 4. The lowest BCUT2D eigenvalue weighted by atomic mass is 10.1. The Labute approximate surface area is 323 Å². The summed E-state index contributed by atoms with van der Waals surface area (Å²) in [5.41, 5.74) is 20.6. The van der Waals surface area contributed by atoms with E-state index in [9.17, 15) is 22.8 Å². The van der Waals surface area contributed by atoms with Crippen molar-refractivity contribution >= 4 is 56.7 Å². The predicted molar refractivity (Wildman–Crippen MR) is 207 cm³/mol. The molecule has 17 heteroatoms. The first kappa shape index (κ1) is 41.7. The zero-order chi connectivity index (χ0) is 40.4. The van der Waals surface area contributed by atoms with E-state index in [0.29, 0.717) is 51.5 Å². The van der Waals surface area contributed by atoms with Gasteiger partial charge in [0.25, 0.3) is 0 Å². The van der Waals surface area contributed by atoms with E-state index >= 15 is 0 Å². The molecular formula is C38H40BrF3N8O5. The van der Waals surface area contributed by atoms with E-state index in [0.717, 1.165) is 17.4 Å². The van der Waals surface area contributed by atoms with Gasteiger partial charge in [-0.2, -0.15) is 19.6 Å². The van der Waals surface area contributed by atoms with Gasteiger partial charge in [0.1, 0.15) is 28.8 Å². The lowest BCUT2D eigenvalue weighted by molar-refractivity contribution is 0.0526. The summed E-state index contributed by atoms with van der Waals surface area (Å²) in [5.74, 6) is 0.0591. The minimum absolute atomic E-state index is 0.0712. The highest BCUT2D eigenvalue weighted by molar-refractivity contribution is 9.08. The Hall–Kier alpha value is -6.10. The second-order valence-corrected chi connectivity index (χ2v) is 13.3. The molecule has 0 spiro atoms. The summed E-state index contributed by atoms with van der Waals surface area (Å²) >= 11 is 3.24. The average molecular weight is 826 g/mol. The molecule has 6 rings (SSSR count). The van der Waals surface area contributed by atoms with Crippen LogP contribution in [0.15, 0.2) is 77.3 Å². The van der Waals surface area contributed by atoms with Gasteiger partial charge in [-0.15, -0.1) is 0 Å². The van der Waals surface area contributed by atoms with Crippen LogP contribution in [0.2, 0.25) is 0 Å². The minimum Gasteiger partial charge on any atom is -0.462 e. The summed E-state index contributed by atoms with van der Waals surface area (Å²) in [6.07, 6.45) is 1.47. The van der Waals surface area contributed by atoms with Crippen LogP contribution in [-0.4, -0.2) is 43.9 Å². The number of rotatable bonds is 7. The number of nitrogens with zero attached hydrogens (tertiary/aromatic N) is 4. The Morgan fingerprint density at radius 2 is 1.51 bits per heavy atom. The van der Waals surface area contributed by atoms with Crippen LogP contribution in [0, 0.1) is 24.4 Å². The van der Waals surface area contributed by atoms with Crippen molar-refractivity contribution in [3.63, 3.8) is 0 Å². The summed E-state index contributed by atoms with van der Waals surface area (Å²) in [6.45, 7) is 9.10. The molecule has 1 amide bonds. The highest BCUT2D eigenvalue weighted by Gasteiger charge is 2.18. The zero-order valence-electron chi connectivity index (χ0n) is 30.6. The summed E-state index contributed by atoms with van der Waals surface area (Å²) in [7, 11) is 0. The van der Waals surface area contributed by atoms with E-state index in [1.54, 1.807) is 44.5 Å². The molecule has 290 valence electrons. The van der Waals surface area contributed by atoms with Gasteiger partial charge in [0.2, 0.25) is 11.8 Å². The Morgan fingerprint density at radius 1 is 0.873 bits per heavy atom. The zero-order valence-corrected chi connectivity index (χ0v) is 32.2. The van der Waals surface area contributed by atoms with Crippen molar-refractivity contribution in [1.82, 2.24) is 19.6 Å². The van der Waals surface area contributed by atoms with E-state index in [1.165, 1.54) is 48.5 Å². The highest BCUT2D eigenvalue weighted by atomic mass is 79.9. The molecule has 3 aromatic carbocycles. The lowest BCUT2D eigenvalue weighted by Gasteiger charge is -2.20. The normalized spacial score (nSPS) is 10.9. The van der Waals surface area contributed by atoms with Crippen LogP contribution >= 0.6 is 15.9 Å². The molecule has 0 atom stereocenters. The molecule has 0 aliphatic rings. The molecule has 0 unspecified atom stereocenters. The van der Waals surface area contributed by atoms with Crippen LogP contribution in [0.1, 0.15) is 60.5 Å². The van der Waals surface area contributed by atoms with Crippen molar-refractivity contribution < 1.29 is 36.7 Å². The molecule has 13 nitrogen and oxygen atoms in total. The summed E-state index contributed by atoms with van der Waals surface area (Å²) in [6, 6.07) is 15.6. The molecule has 3 aromatic heterocycles. The standard InChI is InChI=1S/C17H15FN6O.C12H15BrFNO2.C9H10FNO2/c1-9-2-5-14(25-9)16-23-17(20)22-15-11(8-21-24(15)16)6-10-7-12(18)3-4-13(10)19;1-12(2,3)17-11(16)15-10-5-4-9(14)6-8(10)7-13;1-2-13-9(12)7-5-6(10)3-4-8(7)11/h2-5,7-8H,6,19H2,1H3,(H2,20,22);4-6H,7H2,1-3H3,(H,15,16);3-5H,2,11H2,1H3. The number of hydrogen-bond donors (Lipinski definition) is 4. The number of aryl methyl sites for hydroxylation is 1. The summed E-state index contributed by atoms with van der Waals surface area (Å²) < 4.78 is 56.1. The molecular weight excluding hydrogens is 785 g/mol. The van der Waals surface area contributed by atoms with E-state index < -0.39 is 23.5 Å². The molecule has 55 heavy (non-hydrogen) atoms. The van der Waals surface area contributed by atoms with Crippen LogP contribution in [0.25, 0.3) is 17.2 Å². The smallest absolute Gasteiger partial charge is 0.412 e. The number of esters is 1. The number of fused-ring (bicyclic) bond motifs is 1. The third kappa shape index (κ3) is 11.7. The first-order chi connectivity index (χ1) is 26.0. The fourth-order valence-electron chi connectivity index (χ4n) is 4.83. The maximum Gasteiger partial charge on any atom is 0.412 e. The molecule has 0 bridgehead atoms. The fourth-order valence-corrected chi connectivity index (χ4v) is 5.30. The number of ether oxygens (including phenoxy) is 2. The van der Waals surface area contributed by atoms with Gasteiger partial charge in [-0.1, -0.05) is 15.9 Å². The molecule has 0 saturated carbocycles. The molecule has 0 aliphatic carbocycles. The number of amides is 1. The van der Waals surface area contributed by atoms with Crippen LogP contribution in [0.4, 0.5) is 41.0 Å². The summed E-state index contributed by atoms with van der Waals surface area (Å²) in [5, 5.41) is 7.38. The number of furan rings is 1. The van der Waals surface area contributed by atoms with Gasteiger partial charge in [-0.3, -0.25) is 5.32 Å². The Kier molecular flexibility index (Phi) is 13.9. The van der Waals surface area contributed by atoms with Gasteiger partial charge >= 0.3 is 12.1 Å². The molecule has 0 saturated heterocycles. The first-order valence-electron chi connectivity index (χ1n) is 16.6. The molecule has 0 radical (unpaired) electrons. The molecule has 7 N–H and O–H groups in total. The second-order valence-electron chi connectivity index (χ2n) is 12.8. The number of alkyl halides is 1. The van der Waals surface area contributed by atoms with Crippen molar-refractivity contribution in [2.75, 3.05) is 29.1 Å². The molecule has 3 heterocycles. The number of hydrogen-bond acceptors (Lipinski definition) is 11. The average Bonchev–Trinajstić information content (AvgIpc) is 3.73.